The number of para-hydroxylation sites is 1. The molecule has 1 aromatic carbocycles. The summed E-state index contributed by atoms with van der Waals surface area (Å²) in [5.41, 5.74) is 0. The average Bonchev–Trinajstić information content (AvgIpc) is 2.42. The zero-order valence-corrected chi connectivity index (χ0v) is 11.5. The molecule has 0 radical (unpaired) electrons. The molecule has 0 spiro atoms. The molecular formula is C16H26NO+. The number of hydrogen-bond donors (Lipinski definition) is 1. The first-order chi connectivity index (χ1) is 8.86. The van der Waals surface area contributed by atoms with Gasteiger partial charge in [-0.2, -0.15) is 0 Å². The molecular weight excluding hydrogens is 222 g/mol. The van der Waals surface area contributed by atoms with Crippen LogP contribution in [0.3, 0.4) is 0 Å². The van der Waals surface area contributed by atoms with Crippen molar-refractivity contribution in [2.24, 2.45) is 0 Å². The smallest absolute Gasteiger partial charge is 0.137 e. The van der Waals surface area contributed by atoms with Crippen molar-refractivity contribution in [3.8, 4) is 5.75 Å². The number of likely N-dealkylation sites (tertiary alicyclic amines) is 1. The number of allylic oxidation sites excluding steroid dienone is 1. The van der Waals surface area contributed by atoms with E-state index in [1.807, 2.05) is 37.3 Å². The molecule has 1 saturated heterocycles. The molecule has 0 amide bonds. The van der Waals surface area contributed by atoms with E-state index in [0.29, 0.717) is 0 Å². The molecule has 0 unspecified atom stereocenters. The van der Waals surface area contributed by atoms with E-state index in [0.717, 1.165) is 18.9 Å². The molecule has 2 rings (SSSR count). The Hall–Kier alpha value is -1.28. The zero-order valence-electron chi connectivity index (χ0n) is 11.5. The highest BCUT2D eigenvalue weighted by atomic mass is 16.5. The number of hydrogen-bond acceptors (Lipinski definition) is 1. The van der Waals surface area contributed by atoms with Crippen LogP contribution in [-0.4, -0.2) is 26.2 Å². The van der Waals surface area contributed by atoms with E-state index in [-0.39, 0.29) is 0 Å². The molecule has 1 N–H and O–H groups in total. The summed E-state index contributed by atoms with van der Waals surface area (Å²) >= 11 is 0. The maximum absolute atomic E-state index is 5.69. The minimum atomic E-state index is 0.847. The Morgan fingerprint density at radius 2 is 1.78 bits per heavy atom. The van der Waals surface area contributed by atoms with Gasteiger partial charge in [0.2, 0.25) is 0 Å². The third-order valence-corrected chi connectivity index (χ3v) is 3.03. The van der Waals surface area contributed by atoms with Gasteiger partial charge in [-0.15, -0.1) is 6.58 Å². The lowest BCUT2D eigenvalue weighted by molar-refractivity contribution is -0.904. The molecule has 0 aromatic heterocycles. The van der Waals surface area contributed by atoms with Gasteiger partial charge in [0.05, 0.1) is 13.1 Å². The van der Waals surface area contributed by atoms with Gasteiger partial charge in [0, 0.05) is 0 Å². The van der Waals surface area contributed by atoms with Crippen LogP contribution < -0.4 is 9.64 Å². The lowest BCUT2D eigenvalue weighted by Crippen LogP contribution is -3.13. The van der Waals surface area contributed by atoms with Gasteiger partial charge in [-0.1, -0.05) is 24.3 Å². The number of ether oxygens (including phenoxy) is 1. The van der Waals surface area contributed by atoms with Crippen molar-refractivity contribution < 1.29 is 9.64 Å². The van der Waals surface area contributed by atoms with E-state index in [1.165, 1.54) is 32.4 Å². The van der Waals surface area contributed by atoms with Crippen LogP contribution >= 0.6 is 0 Å². The first-order valence-electron chi connectivity index (χ1n) is 6.95. The van der Waals surface area contributed by atoms with Gasteiger partial charge in [-0.3, -0.25) is 0 Å². The number of nitrogens with one attached hydrogen (secondary N) is 1. The highest BCUT2D eigenvalue weighted by Gasteiger charge is 2.12. The van der Waals surface area contributed by atoms with Crippen molar-refractivity contribution in [1.82, 2.24) is 0 Å². The molecule has 100 valence electrons. The number of benzene rings is 1. The second kappa shape index (κ2) is 9.72. The third-order valence-electron chi connectivity index (χ3n) is 3.03. The first-order valence-corrected chi connectivity index (χ1v) is 6.95. The molecule has 0 aliphatic carbocycles. The van der Waals surface area contributed by atoms with Gasteiger partial charge in [-0.05, 0) is 38.3 Å². The molecule has 0 saturated carbocycles. The van der Waals surface area contributed by atoms with E-state index < -0.39 is 0 Å². The Morgan fingerprint density at radius 1 is 1.17 bits per heavy atom. The highest BCUT2D eigenvalue weighted by Crippen LogP contribution is 2.07. The van der Waals surface area contributed by atoms with Crippen LogP contribution in [0.15, 0.2) is 43.0 Å². The predicted octanol–water partition coefficient (Wildman–Crippen LogP) is 2.33. The van der Waals surface area contributed by atoms with Crippen LogP contribution in [0, 0.1) is 0 Å². The fourth-order valence-corrected chi connectivity index (χ4v) is 2.13. The average molecular weight is 248 g/mol. The van der Waals surface area contributed by atoms with Crippen molar-refractivity contribution >= 4 is 0 Å². The molecule has 1 heterocycles. The minimum Gasteiger partial charge on any atom is -0.488 e. The van der Waals surface area contributed by atoms with E-state index >= 15 is 0 Å². The molecule has 2 heteroatoms. The SMILES string of the molecule is C=CC.c1ccc(OCC[NH+]2CCCCC2)cc1. The van der Waals surface area contributed by atoms with E-state index in [9.17, 15) is 0 Å². The van der Waals surface area contributed by atoms with E-state index in [4.69, 9.17) is 4.74 Å². The number of quaternary nitrogens is 1. The molecule has 1 fully saturated rings. The topological polar surface area (TPSA) is 13.7 Å². The number of rotatable bonds is 4. The lowest BCUT2D eigenvalue weighted by Gasteiger charge is -2.23. The Balaban J connectivity index is 0.000000492. The molecule has 1 aromatic rings. The summed E-state index contributed by atoms with van der Waals surface area (Å²) in [5.74, 6) is 0.994. The summed E-state index contributed by atoms with van der Waals surface area (Å²) in [6, 6.07) is 10.1. The van der Waals surface area contributed by atoms with Crippen molar-refractivity contribution in [3.05, 3.63) is 43.0 Å². The monoisotopic (exact) mass is 248 g/mol. The summed E-state index contributed by atoms with van der Waals surface area (Å²) in [6.45, 7) is 9.91. The van der Waals surface area contributed by atoms with Crippen LogP contribution in [0.2, 0.25) is 0 Å². The lowest BCUT2D eigenvalue weighted by atomic mass is 10.1. The zero-order chi connectivity index (χ0) is 13.1. The largest absolute Gasteiger partial charge is 0.488 e. The van der Waals surface area contributed by atoms with E-state index in [1.54, 1.807) is 11.0 Å². The van der Waals surface area contributed by atoms with Gasteiger partial charge in [-0.25, -0.2) is 0 Å². The summed E-state index contributed by atoms with van der Waals surface area (Å²) < 4.78 is 5.69. The Bertz CT molecular complexity index is 304. The second-order valence-electron chi connectivity index (χ2n) is 4.63. The predicted molar refractivity (Wildman–Crippen MR) is 77.2 cm³/mol. The maximum Gasteiger partial charge on any atom is 0.137 e. The fraction of sp³-hybridized carbons (Fsp3) is 0.500. The summed E-state index contributed by atoms with van der Waals surface area (Å²) in [6.07, 6.45) is 5.95. The standard InChI is InChI=1S/C13H19NO.C3H6/c1-3-7-13(8-4-1)15-12-11-14-9-5-2-6-10-14;1-3-2/h1,3-4,7-8H,2,5-6,9-12H2;3H,1H2,2H3/p+1. The van der Waals surface area contributed by atoms with Gasteiger partial charge < -0.3 is 9.64 Å². The highest BCUT2D eigenvalue weighted by molar-refractivity contribution is 5.20. The van der Waals surface area contributed by atoms with Crippen molar-refractivity contribution in [3.63, 3.8) is 0 Å². The van der Waals surface area contributed by atoms with Gasteiger partial charge in [0.25, 0.3) is 0 Å². The quantitative estimate of drug-likeness (QED) is 0.807. The summed E-state index contributed by atoms with van der Waals surface area (Å²) in [7, 11) is 0. The molecule has 18 heavy (non-hydrogen) atoms. The van der Waals surface area contributed by atoms with Crippen molar-refractivity contribution in [2.75, 3.05) is 26.2 Å². The minimum absolute atomic E-state index is 0.847. The summed E-state index contributed by atoms with van der Waals surface area (Å²) in [5, 5.41) is 0. The van der Waals surface area contributed by atoms with Gasteiger partial charge in [0.1, 0.15) is 18.9 Å². The van der Waals surface area contributed by atoms with E-state index in [2.05, 4.69) is 6.58 Å². The summed E-state index contributed by atoms with van der Waals surface area (Å²) in [4.78, 5) is 1.71. The molecule has 2 nitrogen and oxygen atoms in total. The van der Waals surface area contributed by atoms with Gasteiger partial charge >= 0.3 is 0 Å². The van der Waals surface area contributed by atoms with Crippen LogP contribution in [0.25, 0.3) is 0 Å². The molecule has 0 bridgehead atoms. The normalized spacial score (nSPS) is 15.4. The Labute approximate surface area is 111 Å². The Morgan fingerprint density at radius 3 is 2.39 bits per heavy atom. The molecule has 0 atom stereocenters. The van der Waals surface area contributed by atoms with Crippen LogP contribution in [0.1, 0.15) is 26.2 Å². The molecule has 1 aliphatic heterocycles. The maximum atomic E-state index is 5.69. The van der Waals surface area contributed by atoms with Crippen molar-refractivity contribution in [2.45, 2.75) is 26.2 Å². The van der Waals surface area contributed by atoms with Crippen LogP contribution in [0.4, 0.5) is 0 Å². The van der Waals surface area contributed by atoms with Gasteiger partial charge in [0.15, 0.2) is 0 Å². The van der Waals surface area contributed by atoms with Crippen LogP contribution in [-0.2, 0) is 0 Å². The van der Waals surface area contributed by atoms with Crippen molar-refractivity contribution in [1.29, 1.82) is 0 Å². The van der Waals surface area contributed by atoms with Crippen LogP contribution in [0.5, 0.6) is 5.75 Å². The first kappa shape index (κ1) is 14.8. The second-order valence-corrected chi connectivity index (χ2v) is 4.63. The fourth-order valence-electron chi connectivity index (χ4n) is 2.13. The number of piperidine rings is 1. The Kier molecular flexibility index (Phi) is 7.98. The third kappa shape index (κ3) is 6.45. The molecule has 1 aliphatic rings.